The van der Waals surface area contributed by atoms with Gasteiger partial charge in [0.15, 0.2) is 5.96 Å². The highest BCUT2D eigenvalue weighted by molar-refractivity contribution is 5.80. The number of guanidine groups is 1. The lowest BCUT2D eigenvalue weighted by Gasteiger charge is -2.24. The molecule has 0 aliphatic carbocycles. The molecule has 2 heterocycles. The van der Waals surface area contributed by atoms with Gasteiger partial charge in [-0.1, -0.05) is 13.8 Å². The smallest absolute Gasteiger partial charge is 0.194 e. The minimum absolute atomic E-state index is 0.567. The van der Waals surface area contributed by atoms with Crippen LogP contribution >= 0.6 is 0 Å². The van der Waals surface area contributed by atoms with E-state index in [1.165, 1.54) is 13.0 Å². The number of hydrogen-bond donors (Lipinski definition) is 1. The Labute approximate surface area is 152 Å². The quantitative estimate of drug-likeness (QED) is 0.421. The van der Waals surface area contributed by atoms with E-state index < -0.39 is 0 Å². The second-order valence-electron chi connectivity index (χ2n) is 6.36. The summed E-state index contributed by atoms with van der Waals surface area (Å²) in [6.45, 7) is 14.3. The van der Waals surface area contributed by atoms with Crippen molar-refractivity contribution in [3.05, 3.63) is 24.5 Å². The second-order valence-corrected chi connectivity index (χ2v) is 6.36. The molecule has 1 saturated heterocycles. The van der Waals surface area contributed by atoms with Crippen molar-refractivity contribution in [2.24, 2.45) is 10.9 Å². The fourth-order valence-electron chi connectivity index (χ4n) is 3.19. The van der Waals surface area contributed by atoms with Crippen LogP contribution in [0.4, 0.5) is 0 Å². The number of nitrogens with zero attached hydrogens (tertiary/aromatic N) is 4. The van der Waals surface area contributed by atoms with Gasteiger partial charge in [0.2, 0.25) is 0 Å². The highest BCUT2D eigenvalue weighted by atomic mass is 16.5. The van der Waals surface area contributed by atoms with Crippen molar-refractivity contribution >= 4 is 5.96 Å². The summed E-state index contributed by atoms with van der Waals surface area (Å²) in [7, 11) is 0. The SMILES string of the molecule is CCNC(=NCCOc1cccnc1)N1CCC(CN(CC)CC)C1. The van der Waals surface area contributed by atoms with Crippen LogP contribution < -0.4 is 10.1 Å². The fourth-order valence-corrected chi connectivity index (χ4v) is 3.19. The monoisotopic (exact) mass is 347 g/mol. The van der Waals surface area contributed by atoms with Gasteiger partial charge >= 0.3 is 0 Å². The third-order valence-electron chi connectivity index (χ3n) is 4.59. The molecule has 1 aromatic rings. The van der Waals surface area contributed by atoms with Crippen LogP contribution in [0.2, 0.25) is 0 Å². The molecule has 0 saturated carbocycles. The van der Waals surface area contributed by atoms with E-state index >= 15 is 0 Å². The highest BCUT2D eigenvalue weighted by Gasteiger charge is 2.25. The summed E-state index contributed by atoms with van der Waals surface area (Å²) in [5, 5.41) is 3.42. The molecule has 0 bridgehead atoms. The van der Waals surface area contributed by atoms with Crippen LogP contribution in [0, 0.1) is 5.92 Å². The molecule has 0 amide bonds. The maximum atomic E-state index is 5.68. The Kier molecular flexibility index (Phi) is 8.52. The minimum atomic E-state index is 0.567. The number of nitrogens with one attached hydrogen (secondary N) is 1. The van der Waals surface area contributed by atoms with Crippen LogP contribution in [0.3, 0.4) is 0 Å². The van der Waals surface area contributed by atoms with Crippen LogP contribution in [-0.2, 0) is 0 Å². The predicted molar refractivity (Wildman–Crippen MR) is 103 cm³/mol. The first-order valence-electron chi connectivity index (χ1n) is 9.55. The van der Waals surface area contributed by atoms with Gasteiger partial charge in [-0.15, -0.1) is 0 Å². The van der Waals surface area contributed by atoms with E-state index in [2.05, 4.69) is 40.9 Å². The first-order chi connectivity index (χ1) is 12.3. The van der Waals surface area contributed by atoms with Crippen molar-refractivity contribution in [3.8, 4) is 5.75 Å². The fraction of sp³-hybridized carbons (Fsp3) is 0.684. The molecule has 0 aromatic carbocycles. The average molecular weight is 348 g/mol. The molecular weight excluding hydrogens is 314 g/mol. The van der Waals surface area contributed by atoms with Gasteiger partial charge in [0, 0.05) is 32.4 Å². The molecule has 0 radical (unpaired) electrons. The summed E-state index contributed by atoms with van der Waals surface area (Å²) in [5.41, 5.74) is 0. The van der Waals surface area contributed by atoms with Crippen molar-refractivity contribution in [2.45, 2.75) is 27.2 Å². The zero-order chi connectivity index (χ0) is 17.9. The van der Waals surface area contributed by atoms with E-state index in [-0.39, 0.29) is 0 Å². The summed E-state index contributed by atoms with van der Waals surface area (Å²) >= 11 is 0. The Morgan fingerprint density at radius 2 is 2.24 bits per heavy atom. The lowest BCUT2D eigenvalue weighted by Crippen LogP contribution is -2.41. The zero-order valence-corrected chi connectivity index (χ0v) is 15.9. The zero-order valence-electron chi connectivity index (χ0n) is 15.9. The number of likely N-dealkylation sites (tertiary alicyclic amines) is 1. The molecule has 6 nitrogen and oxygen atoms in total. The van der Waals surface area contributed by atoms with Gasteiger partial charge in [-0.05, 0) is 44.5 Å². The topological polar surface area (TPSA) is 53.0 Å². The number of aliphatic imine (C=N–C) groups is 1. The number of rotatable bonds is 9. The van der Waals surface area contributed by atoms with Crippen LogP contribution in [0.5, 0.6) is 5.75 Å². The number of hydrogen-bond acceptors (Lipinski definition) is 4. The lowest BCUT2D eigenvalue weighted by molar-refractivity contribution is 0.255. The molecule has 6 heteroatoms. The first-order valence-corrected chi connectivity index (χ1v) is 9.55. The molecule has 1 atom stereocenters. The molecule has 0 spiro atoms. The average Bonchev–Trinajstić information content (AvgIpc) is 3.11. The van der Waals surface area contributed by atoms with Crippen molar-refractivity contribution in [1.82, 2.24) is 20.1 Å². The van der Waals surface area contributed by atoms with Gasteiger partial charge in [0.25, 0.3) is 0 Å². The number of aromatic nitrogens is 1. The second kappa shape index (κ2) is 10.9. The van der Waals surface area contributed by atoms with Crippen molar-refractivity contribution in [3.63, 3.8) is 0 Å². The molecule has 1 fully saturated rings. The van der Waals surface area contributed by atoms with E-state index in [0.717, 1.165) is 50.4 Å². The van der Waals surface area contributed by atoms with Crippen LogP contribution in [-0.4, -0.2) is 73.2 Å². The van der Waals surface area contributed by atoms with E-state index in [4.69, 9.17) is 9.73 Å². The van der Waals surface area contributed by atoms with Gasteiger partial charge < -0.3 is 19.9 Å². The first kappa shape index (κ1) is 19.5. The molecule has 1 aliphatic rings. The summed E-state index contributed by atoms with van der Waals surface area (Å²) in [6.07, 6.45) is 4.72. The minimum Gasteiger partial charge on any atom is -0.490 e. The van der Waals surface area contributed by atoms with E-state index in [1.54, 1.807) is 12.4 Å². The Bertz CT molecular complexity index is 504. The summed E-state index contributed by atoms with van der Waals surface area (Å²) in [5.74, 6) is 2.54. The number of pyridine rings is 1. The molecule has 1 N–H and O–H groups in total. The molecule has 1 unspecified atom stereocenters. The summed E-state index contributed by atoms with van der Waals surface area (Å²) < 4.78 is 5.68. The van der Waals surface area contributed by atoms with E-state index in [1.807, 2.05) is 12.1 Å². The Hall–Kier alpha value is -1.82. The van der Waals surface area contributed by atoms with Gasteiger partial charge in [-0.2, -0.15) is 0 Å². The highest BCUT2D eigenvalue weighted by Crippen LogP contribution is 2.17. The Morgan fingerprint density at radius 3 is 2.92 bits per heavy atom. The lowest BCUT2D eigenvalue weighted by atomic mass is 10.1. The molecule has 25 heavy (non-hydrogen) atoms. The maximum Gasteiger partial charge on any atom is 0.194 e. The molecular formula is C19H33N5O. The molecule has 140 valence electrons. The van der Waals surface area contributed by atoms with E-state index in [0.29, 0.717) is 13.2 Å². The molecule has 1 aliphatic heterocycles. The van der Waals surface area contributed by atoms with Gasteiger partial charge in [-0.3, -0.25) is 4.98 Å². The maximum absolute atomic E-state index is 5.68. The van der Waals surface area contributed by atoms with Crippen LogP contribution in [0.15, 0.2) is 29.5 Å². The normalized spacial score (nSPS) is 18.0. The molecule has 1 aromatic heterocycles. The summed E-state index contributed by atoms with van der Waals surface area (Å²) in [4.78, 5) is 13.7. The van der Waals surface area contributed by atoms with Crippen LogP contribution in [0.1, 0.15) is 27.2 Å². The number of ether oxygens (including phenoxy) is 1. The standard InChI is InChI=1S/C19H33N5O/c1-4-21-19(22-11-13-25-18-8-7-10-20-14-18)24-12-9-17(16-24)15-23(5-2)6-3/h7-8,10,14,17H,4-6,9,11-13,15-16H2,1-3H3,(H,21,22). The van der Waals surface area contributed by atoms with Crippen molar-refractivity contribution in [1.29, 1.82) is 0 Å². The molecule has 2 rings (SSSR count). The van der Waals surface area contributed by atoms with Gasteiger partial charge in [0.05, 0.1) is 12.7 Å². The Balaban J connectivity index is 1.81. The third kappa shape index (κ3) is 6.53. The largest absolute Gasteiger partial charge is 0.490 e. The van der Waals surface area contributed by atoms with Gasteiger partial charge in [0.1, 0.15) is 12.4 Å². The third-order valence-corrected chi connectivity index (χ3v) is 4.59. The summed E-state index contributed by atoms with van der Waals surface area (Å²) in [6, 6.07) is 3.79. The van der Waals surface area contributed by atoms with E-state index in [9.17, 15) is 0 Å². The Morgan fingerprint density at radius 1 is 1.40 bits per heavy atom. The predicted octanol–water partition coefficient (Wildman–Crippen LogP) is 2.09. The van der Waals surface area contributed by atoms with Crippen molar-refractivity contribution in [2.75, 3.05) is 52.4 Å². The van der Waals surface area contributed by atoms with Gasteiger partial charge in [-0.25, -0.2) is 4.99 Å². The van der Waals surface area contributed by atoms with Crippen LogP contribution in [0.25, 0.3) is 0 Å². The van der Waals surface area contributed by atoms with Crippen molar-refractivity contribution < 1.29 is 4.74 Å².